The van der Waals surface area contributed by atoms with E-state index in [1.165, 1.54) is 4.80 Å². The molecule has 2 aromatic heterocycles. The van der Waals surface area contributed by atoms with Gasteiger partial charge in [-0.05, 0) is 35.0 Å². The van der Waals surface area contributed by atoms with Gasteiger partial charge in [-0.3, -0.25) is 0 Å². The fourth-order valence-corrected chi connectivity index (χ4v) is 3.10. The number of nitrogens with zero attached hydrogens (tertiary/aromatic N) is 7. The van der Waals surface area contributed by atoms with E-state index < -0.39 is 0 Å². The van der Waals surface area contributed by atoms with Gasteiger partial charge in [0.2, 0.25) is 5.82 Å². The van der Waals surface area contributed by atoms with Gasteiger partial charge in [-0.1, -0.05) is 35.9 Å². The zero-order valence-corrected chi connectivity index (χ0v) is 15.5. The van der Waals surface area contributed by atoms with Crippen molar-refractivity contribution in [2.24, 2.45) is 0 Å². The second kappa shape index (κ2) is 7.23. The first kappa shape index (κ1) is 17.3. The standard InChI is InChI=1S/C18H12ClN7S/c19-15-3-1-2-4-16(15)26-18(27)14(10-21-26)17-22-24-25(23-17)11-13-7-5-12(9-20)6-8-13/h1-8,10,27H,11H2. The predicted octanol–water partition coefficient (Wildman–Crippen LogP) is 3.39. The highest BCUT2D eigenvalue weighted by atomic mass is 35.5. The molecule has 0 fully saturated rings. The minimum Gasteiger partial charge on any atom is -0.225 e. The predicted molar refractivity (Wildman–Crippen MR) is 103 cm³/mol. The zero-order valence-electron chi connectivity index (χ0n) is 13.9. The number of halogens is 1. The van der Waals surface area contributed by atoms with Gasteiger partial charge < -0.3 is 0 Å². The number of tetrazole rings is 1. The van der Waals surface area contributed by atoms with Crippen molar-refractivity contribution in [1.82, 2.24) is 30.0 Å². The van der Waals surface area contributed by atoms with Crippen LogP contribution in [-0.4, -0.2) is 30.0 Å². The fraction of sp³-hybridized carbons (Fsp3) is 0.0556. The molecule has 9 heteroatoms. The Hall–Kier alpha value is -3.15. The monoisotopic (exact) mass is 393 g/mol. The molecule has 0 unspecified atom stereocenters. The average Bonchev–Trinajstić information content (AvgIpc) is 3.29. The van der Waals surface area contributed by atoms with Gasteiger partial charge in [-0.15, -0.1) is 22.8 Å². The van der Waals surface area contributed by atoms with E-state index in [4.69, 9.17) is 16.9 Å². The van der Waals surface area contributed by atoms with E-state index in [1.807, 2.05) is 30.3 Å². The van der Waals surface area contributed by atoms with E-state index in [2.05, 4.69) is 39.2 Å². The first-order chi connectivity index (χ1) is 13.2. The molecule has 0 aliphatic carbocycles. The molecule has 0 spiro atoms. The highest BCUT2D eigenvalue weighted by molar-refractivity contribution is 7.80. The summed E-state index contributed by atoms with van der Waals surface area (Å²) in [5, 5.41) is 26.9. The molecule has 0 aliphatic heterocycles. The van der Waals surface area contributed by atoms with Crippen molar-refractivity contribution in [3.05, 3.63) is 70.9 Å². The van der Waals surface area contributed by atoms with E-state index in [0.29, 0.717) is 33.5 Å². The lowest BCUT2D eigenvalue weighted by atomic mass is 10.1. The molecule has 0 atom stereocenters. The van der Waals surface area contributed by atoms with Crippen LogP contribution in [0.15, 0.2) is 59.8 Å². The van der Waals surface area contributed by atoms with Crippen LogP contribution in [0.1, 0.15) is 11.1 Å². The lowest BCUT2D eigenvalue weighted by molar-refractivity contribution is 0.573. The van der Waals surface area contributed by atoms with Crippen LogP contribution in [0.5, 0.6) is 0 Å². The van der Waals surface area contributed by atoms with Crippen molar-refractivity contribution in [1.29, 1.82) is 5.26 Å². The van der Waals surface area contributed by atoms with Gasteiger partial charge in [0, 0.05) is 0 Å². The molecule has 0 amide bonds. The van der Waals surface area contributed by atoms with Crippen molar-refractivity contribution in [2.45, 2.75) is 11.6 Å². The highest BCUT2D eigenvalue weighted by Crippen LogP contribution is 2.28. The molecule has 0 radical (unpaired) electrons. The maximum Gasteiger partial charge on any atom is 0.209 e. The summed E-state index contributed by atoms with van der Waals surface area (Å²) >= 11 is 10.8. The topological polar surface area (TPSA) is 85.2 Å². The lowest BCUT2D eigenvalue weighted by Crippen LogP contribution is -2.04. The van der Waals surface area contributed by atoms with Crippen molar-refractivity contribution in [3.8, 4) is 23.1 Å². The molecule has 0 N–H and O–H groups in total. The molecular weight excluding hydrogens is 382 g/mol. The first-order valence-electron chi connectivity index (χ1n) is 7.95. The Morgan fingerprint density at radius 1 is 1.11 bits per heavy atom. The number of nitriles is 1. The Kier molecular flexibility index (Phi) is 4.62. The Balaban J connectivity index is 1.60. The third-order valence-corrected chi connectivity index (χ3v) is 4.68. The summed E-state index contributed by atoms with van der Waals surface area (Å²) in [7, 11) is 0. The van der Waals surface area contributed by atoms with Crippen molar-refractivity contribution in [3.63, 3.8) is 0 Å². The highest BCUT2D eigenvalue weighted by Gasteiger charge is 2.16. The third-order valence-electron chi connectivity index (χ3n) is 3.93. The number of thiol groups is 1. The maximum atomic E-state index is 8.86. The largest absolute Gasteiger partial charge is 0.225 e. The van der Waals surface area contributed by atoms with Crippen LogP contribution in [0.4, 0.5) is 0 Å². The van der Waals surface area contributed by atoms with Gasteiger partial charge in [-0.2, -0.15) is 15.2 Å². The molecule has 132 valence electrons. The van der Waals surface area contributed by atoms with Crippen molar-refractivity contribution >= 4 is 24.2 Å². The molecule has 2 heterocycles. The van der Waals surface area contributed by atoms with Crippen LogP contribution in [-0.2, 0) is 6.54 Å². The van der Waals surface area contributed by atoms with Crippen LogP contribution >= 0.6 is 24.2 Å². The Labute approximate surface area is 165 Å². The van der Waals surface area contributed by atoms with Gasteiger partial charge in [0.15, 0.2) is 0 Å². The number of rotatable bonds is 4. The fourth-order valence-electron chi connectivity index (χ4n) is 2.57. The summed E-state index contributed by atoms with van der Waals surface area (Å²) in [4.78, 5) is 1.48. The van der Waals surface area contributed by atoms with Crippen LogP contribution in [0, 0.1) is 11.3 Å². The van der Waals surface area contributed by atoms with Gasteiger partial charge in [-0.25, -0.2) is 4.68 Å². The second-order valence-electron chi connectivity index (χ2n) is 5.70. The van der Waals surface area contributed by atoms with Crippen LogP contribution in [0.2, 0.25) is 5.02 Å². The number of hydrogen-bond donors (Lipinski definition) is 1. The molecule has 2 aromatic carbocycles. The smallest absolute Gasteiger partial charge is 0.209 e. The molecule has 4 aromatic rings. The molecule has 27 heavy (non-hydrogen) atoms. The summed E-state index contributed by atoms with van der Waals surface area (Å²) in [6.07, 6.45) is 1.63. The summed E-state index contributed by atoms with van der Waals surface area (Å²) < 4.78 is 1.63. The van der Waals surface area contributed by atoms with Gasteiger partial charge in [0.05, 0.1) is 40.6 Å². The zero-order chi connectivity index (χ0) is 18.8. The van der Waals surface area contributed by atoms with Crippen molar-refractivity contribution < 1.29 is 0 Å². The number of para-hydroxylation sites is 1. The molecule has 0 saturated carbocycles. The van der Waals surface area contributed by atoms with Crippen LogP contribution in [0.3, 0.4) is 0 Å². The number of benzene rings is 2. The summed E-state index contributed by atoms with van der Waals surface area (Å²) in [6, 6.07) is 16.7. The summed E-state index contributed by atoms with van der Waals surface area (Å²) in [5.41, 5.74) is 2.96. The number of aromatic nitrogens is 6. The van der Waals surface area contributed by atoms with E-state index in [1.54, 1.807) is 29.1 Å². The maximum absolute atomic E-state index is 8.86. The quantitative estimate of drug-likeness (QED) is 0.537. The van der Waals surface area contributed by atoms with E-state index >= 15 is 0 Å². The molecular formula is C18H12ClN7S. The van der Waals surface area contributed by atoms with Crippen LogP contribution in [0.25, 0.3) is 17.1 Å². The average molecular weight is 394 g/mol. The van der Waals surface area contributed by atoms with Crippen molar-refractivity contribution in [2.75, 3.05) is 0 Å². The van der Waals surface area contributed by atoms with Gasteiger partial charge in [0.1, 0.15) is 5.03 Å². The van der Waals surface area contributed by atoms with E-state index in [9.17, 15) is 0 Å². The first-order valence-corrected chi connectivity index (χ1v) is 8.77. The normalized spacial score (nSPS) is 10.7. The minimum atomic E-state index is 0.423. The van der Waals surface area contributed by atoms with E-state index in [-0.39, 0.29) is 0 Å². The summed E-state index contributed by atoms with van der Waals surface area (Å²) in [6.45, 7) is 0.444. The minimum absolute atomic E-state index is 0.423. The molecule has 0 saturated heterocycles. The molecule has 0 bridgehead atoms. The Morgan fingerprint density at radius 3 is 2.63 bits per heavy atom. The SMILES string of the molecule is N#Cc1ccc(Cn2nnc(-c3cnn(-c4ccccc4Cl)c3S)n2)cc1. The Bertz CT molecular complexity index is 1140. The third kappa shape index (κ3) is 3.43. The molecule has 7 nitrogen and oxygen atoms in total. The van der Waals surface area contributed by atoms with Gasteiger partial charge >= 0.3 is 0 Å². The second-order valence-corrected chi connectivity index (χ2v) is 6.53. The molecule has 0 aliphatic rings. The summed E-state index contributed by atoms with van der Waals surface area (Å²) in [5.74, 6) is 0.423. The van der Waals surface area contributed by atoms with Gasteiger partial charge in [0.25, 0.3) is 0 Å². The molecule has 4 rings (SSSR count). The lowest BCUT2D eigenvalue weighted by Gasteiger charge is -2.05. The van der Waals surface area contributed by atoms with Crippen LogP contribution < -0.4 is 0 Å². The Morgan fingerprint density at radius 2 is 1.89 bits per heavy atom. The van der Waals surface area contributed by atoms with E-state index in [0.717, 1.165) is 11.3 Å². The number of hydrogen-bond acceptors (Lipinski definition) is 6.